The van der Waals surface area contributed by atoms with Crippen molar-refractivity contribution in [3.63, 3.8) is 0 Å². The molecule has 0 heterocycles. The molecule has 1 atom stereocenters. The third-order valence-electron chi connectivity index (χ3n) is 3.21. The normalized spacial score (nSPS) is 14.9. The van der Waals surface area contributed by atoms with Gasteiger partial charge in [0.1, 0.15) is 0 Å². The Bertz CT molecular complexity index is 435. The second-order valence-electron chi connectivity index (χ2n) is 5.44. The fraction of sp³-hybridized carbons (Fsp3) is 0.625. The largest absolute Gasteiger partial charge is 0.390 e. The molecule has 21 heavy (non-hydrogen) atoms. The highest BCUT2D eigenvalue weighted by Crippen LogP contribution is 2.51. The van der Waals surface area contributed by atoms with Crippen LogP contribution in [0.3, 0.4) is 0 Å². The Morgan fingerprint density at radius 3 is 2.24 bits per heavy atom. The van der Waals surface area contributed by atoms with Gasteiger partial charge in [-0.25, -0.2) is 0 Å². The van der Waals surface area contributed by atoms with Crippen LogP contribution in [0.5, 0.6) is 0 Å². The molecule has 0 aliphatic carbocycles. The van der Waals surface area contributed by atoms with Crippen LogP contribution in [0.25, 0.3) is 0 Å². The minimum Gasteiger partial charge on any atom is -0.390 e. The molecule has 0 aliphatic rings. The van der Waals surface area contributed by atoms with E-state index >= 15 is 0 Å². The minimum atomic E-state index is -3.20. The second kappa shape index (κ2) is 8.70. The monoisotopic (exact) mass is 314 g/mol. The van der Waals surface area contributed by atoms with E-state index < -0.39 is 13.2 Å². The predicted molar refractivity (Wildman–Crippen MR) is 85.7 cm³/mol. The van der Waals surface area contributed by atoms with Crippen molar-refractivity contribution in [2.75, 3.05) is 19.4 Å². The Hall–Kier alpha value is -0.670. The third kappa shape index (κ3) is 7.23. The maximum absolute atomic E-state index is 12.5. The topological polar surface area (TPSA) is 55.8 Å². The van der Waals surface area contributed by atoms with Crippen LogP contribution in [0.15, 0.2) is 30.3 Å². The molecule has 0 spiro atoms. The standard InChI is InChI=1S/C16H27O4P/c1-4-19-21(18,20-5-2)14-16(3,17)13-9-12-15-10-7-6-8-11-15/h6-8,10-11,17H,4-5,9,12-14H2,1-3H3/t16-/m0/s1. The lowest BCUT2D eigenvalue weighted by Crippen LogP contribution is -2.30. The summed E-state index contributed by atoms with van der Waals surface area (Å²) in [6, 6.07) is 10.1. The molecule has 0 radical (unpaired) electrons. The van der Waals surface area contributed by atoms with E-state index in [2.05, 4.69) is 12.1 Å². The Balaban J connectivity index is 2.49. The molecule has 1 N–H and O–H groups in total. The first-order valence-corrected chi connectivity index (χ1v) is 9.28. The van der Waals surface area contributed by atoms with E-state index in [1.54, 1.807) is 20.8 Å². The quantitative estimate of drug-likeness (QED) is 0.663. The van der Waals surface area contributed by atoms with Gasteiger partial charge in [-0.05, 0) is 45.6 Å². The Morgan fingerprint density at radius 2 is 1.71 bits per heavy atom. The molecule has 0 bridgehead atoms. The van der Waals surface area contributed by atoms with Gasteiger partial charge < -0.3 is 14.2 Å². The molecule has 120 valence electrons. The van der Waals surface area contributed by atoms with Crippen LogP contribution in [0.2, 0.25) is 0 Å². The predicted octanol–water partition coefficient (Wildman–Crippen LogP) is 4.03. The van der Waals surface area contributed by atoms with Crippen molar-refractivity contribution in [2.45, 2.75) is 45.6 Å². The average Bonchev–Trinajstić information content (AvgIpc) is 2.39. The van der Waals surface area contributed by atoms with Crippen molar-refractivity contribution in [2.24, 2.45) is 0 Å². The zero-order valence-electron chi connectivity index (χ0n) is 13.2. The lowest BCUT2D eigenvalue weighted by atomic mass is 9.99. The first kappa shape index (κ1) is 18.4. The highest BCUT2D eigenvalue weighted by atomic mass is 31.2. The molecule has 0 unspecified atom stereocenters. The van der Waals surface area contributed by atoms with Crippen molar-refractivity contribution in [3.8, 4) is 0 Å². The van der Waals surface area contributed by atoms with Gasteiger partial charge in [0, 0.05) is 0 Å². The van der Waals surface area contributed by atoms with E-state index in [-0.39, 0.29) is 6.16 Å². The molecule has 1 rings (SSSR count). The third-order valence-corrected chi connectivity index (χ3v) is 5.58. The summed E-state index contributed by atoms with van der Waals surface area (Å²) in [6.45, 7) is 5.88. The highest BCUT2D eigenvalue weighted by molar-refractivity contribution is 7.53. The van der Waals surface area contributed by atoms with Crippen molar-refractivity contribution in [3.05, 3.63) is 35.9 Å². The van der Waals surface area contributed by atoms with Crippen molar-refractivity contribution in [1.29, 1.82) is 0 Å². The molecule has 0 aromatic heterocycles. The maximum atomic E-state index is 12.5. The van der Waals surface area contributed by atoms with E-state index in [4.69, 9.17) is 9.05 Å². The van der Waals surface area contributed by atoms with E-state index in [0.717, 1.165) is 12.8 Å². The summed E-state index contributed by atoms with van der Waals surface area (Å²) in [5, 5.41) is 10.4. The molecule has 0 amide bonds. The molecule has 0 aliphatic heterocycles. The maximum Gasteiger partial charge on any atom is 0.333 e. The first-order valence-electron chi connectivity index (χ1n) is 7.55. The van der Waals surface area contributed by atoms with E-state index in [0.29, 0.717) is 19.6 Å². The molecule has 0 saturated carbocycles. The molecule has 1 aromatic rings. The summed E-state index contributed by atoms with van der Waals surface area (Å²) in [7, 11) is -3.20. The van der Waals surface area contributed by atoms with Crippen LogP contribution in [-0.4, -0.2) is 30.1 Å². The molecule has 0 saturated heterocycles. The van der Waals surface area contributed by atoms with E-state index in [1.165, 1.54) is 5.56 Å². The number of aryl methyl sites for hydroxylation is 1. The van der Waals surface area contributed by atoms with Crippen molar-refractivity contribution >= 4 is 7.60 Å². The Kier molecular flexibility index (Phi) is 7.61. The van der Waals surface area contributed by atoms with Crippen molar-refractivity contribution < 1.29 is 18.7 Å². The van der Waals surface area contributed by atoms with Gasteiger partial charge >= 0.3 is 7.60 Å². The Labute approximate surface area is 128 Å². The summed E-state index contributed by atoms with van der Waals surface area (Å²) >= 11 is 0. The van der Waals surface area contributed by atoms with Gasteiger partial charge in [-0.15, -0.1) is 0 Å². The second-order valence-corrected chi connectivity index (χ2v) is 7.50. The smallest absolute Gasteiger partial charge is 0.333 e. The summed E-state index contributed by atoms with van der Waals surface area (Å²) in [6.07, 6.45) is 2.32. The fourth-order valence-electron chi connectivity index (χ4n) is 2.34. The van der Waals surface area contributed by atoms with E-state index in [1.807, 2.05) is 18.2 Å². The summed E-state index contributed by atoms with van der Waals surface area (Å²) in [5.41, 5.74) is 0.195. The van der Waals surface area contributed by atoms with Gasteiger partial charge in [0.15, 0.2) is 0 Å². The molecule has 1 aromatic carbocycles. The highest BCUT2D eigenvalue weighted by Gasteiger charge is 2.34. The molecule has 4 nitrogen and oxygen atoms in total. The lowest BCUT2D eigenvalue weighted by molar-refractivity contribution is 0.0627. The SMILES string of the molecule is CCOP(=O)(C[C@@](C)(O)CCCc1ccccc1)OCC. The Morgan fingerprint density at radius 1 is 1.14 bits per heavy atom. The zero-order chi connectivity index (χ0) is 15.8. The van der Waals surface area contributed by atoms with Crippen LogP contribution in [-0.2, 0) is 20.0 Å². The van der Waals surface area contributed by atoms with Gasteiger partial charge in [-0.1, -0.05) is 30.3 Å². The summed E-state index contributed by atoms with van der Waals surface area (Å²) in [5.74, 6) is 0. The van der Waals surface area contributed by atoms with E-state index in [9.17, 15) is 9.67 Å². The van der Waals surface area contributed by atoms with Crippen LogP contribution < -0.4 is 0 Å². The van der Waals surface area contributed by atoms with Gasteiger partial charge in [0.25, 0.3) is 0 Å². The molecule has 5 heteroatoms. The van der Waals surface area contributed by atoms with Gasteiger partial charge in [0.05, 0.1) is 25.0 Å². The number of hydrogen-bond donors (Lipinski definition) is 1. The fourth-order valence-corrected chi connectivity index (χ4v) is 4.37. The van der Waals surface area contributed by atoms with Gasteiger partial charge in [0.2, 0.25) is 0 Å². The molecular weight excluding hydrogens is 287 g/mol. The van der Waals surface area contributed by atoms with Crippen LogP contribution >= 0.6 is 7.60 Å². The molecule has 0 fully saturated rings. The number of rotatable bonds is 10. The number of hydrogen-bond acceptors (Lipinski definition) is 4. The number of benzene rings is 1. The van der Waals surface area contributed by atoms with Crippen LogP contribution in [0.4, 0.5) is 0 Å². The first-order chi connectivity index (χ1) is 9.91. The lowest BCUT2D eigenvalue weighted by Gasteiger charge is -2.27. The van der Waals surface area contributed by atoms with Gasteiger partial charge in [-0.3, -0.25) is 4.57 Å². The zero-order valence-corrected chi connectivity index (χ0v) is 14.1. The van der Waals surface area contributed by atoms with Crippen LogP contribution in [0, 0.1) is 0 Å². The van der Waals surface area contributed by atoms with Crippen LogP contribution in [0.1, 0.15) is 39.2 Å². The number of aliphatic hydroxyl groups is 1. The average molecular weight is 314 g/mol. The summed E-state index contributed by atoms with van der Waals surface area (Å²) < 4.78 is 22.9. The summed E-state index contributed by atoms with van der Waals surface area (Å²) in [4.78, 5) is 0. The molecular formula is C16H27O4P. The minimum absolute atomic E-state index is 0.0382. The van der Waals surface area contributed by atoms with Crippen molar-refractivity contribution in [1.82, 2.24) is 0 Å². The van der Waals surface area contributed by atoms with Gasteiger partial charge in [-0.2, -0.15) is 0 Å².